The number of anilines is 1. The van der Waals surface area contributed by atoms with Crippen molar-refractivity contribution in [3.8, 4) is 11.4 Å². The highest BCUT2D eigenvalue weighted by Crippen LogP contribution is 2.31. The van der Waals surface area contributed by atoms with E-state index in [0.717, 1.165) is 32.0 Å². The maximum absolute atomic E-state index is 13.3. The van der Waals surface area contributed by atoms with E-state index in [0.29, 0.717) is 5.56 Å². The predicted molar refractivity (Wildman–Crippen MR) is 98.2 cm³/mol. The molecule has 2 aromatic rings. The molecule has 3 heterocycles. The second kappa shape index (κ2) is 7.42. The largest absolute Gasteiger partial charge is 0.433 e. The minimum atomic E-state index is -4.53. The van der Waals surface area contributed by atoms with Crippen LogP contribution >= 0.6 is 0 Å². The van der Waals surface area contributed by atoms with Gasteiger partial charge in [-0.15, -0.1) is 0 Å². The third-order valence-corrected chi connectivity index (χ3v) is 4.75. The molecule has 0 spiro atoms. The second-order valence-corrected chi connectivity index (χ2v) is 7.77. The molecular formula is C19H24F3N5. The van der Waals surface area contributed by atoms with Gasteiger partial charge in [0.15, 0.2) is 11.5 Å². The smallest absolute Gasteiger partial charge is 0.367 e. The summed E-state index contributed by atoms with van der Waals surface area (Å²) in [7, 11) is 0. The van der Waals surface area contributed by atoms with E-state index in [9.17, 15) is 13.2 Å². The summed E-state index contributed by atoms with van der Waals surface area (Å²) >= 11 is 0. The van der Waals surface area contributed by atoms with Gasteiger partial charge in [-0.1, -0.05) is 0 Å². The van der Waals surface area contributed by atoms with Crippen molar-refractivity contribution in [1.82, 2.24) is 19.9 Å². The van der Waals surface area contributed by atoms with Crippen molar-refractivity contribution in [3.05, 3.63) is 36.3 Å². The molecule has 1 aliphatic heterocycles. The lowest BCUT2D eigenvalue weighted by Crippen LogP contribution is -2.48. The Morgan fingerprint density at radius 3 is 2.22 bits per heavy atom. The van der Waals surface area contributed by atoms with Crippen LogP contribution in [0.5, 0.6) is 0 Å². The lowest BCUT2D eigenvalue weighted by molar-refractivity contribution is -0.141. The number of alkyl halides is 3. The molecule has 1 saturated heterocycles. The predicted octanol–water partition coefficient (Wildman–Crippen LogP) is 4.23. The van der Waals surface area contributed by atoms with Gasteiger partial charge in [-0.25, -0.2) is 9.97 Å². The highest BCUT2D eigenvalue weighted by atomic mass is 19.4. The molecule has 8 heteroatoms. The van der Waals surface area contributed by atoms with Gasteiger partial charge in [0.25, 0.3) is 0 Å². The van der Waals surface area contributed by atoms with Crippen LogP contribution in [0.4, 0.5) is 19.0 Å². The highest BCUT2D eigenvalue weighted by molar-refractivity contribution is 5.57. The molecule has 0 saturated carbocycles. The minimum Gasteiger partial charge on any atom is -0.367 e. The van der Waals surface area contributed by atoms with Crippen LogP contribution in [0.3, 0.4) is 0 Å². The van der Waals surface area contributed by atoms with Gasteiger partial charge in [0.05, 0.1) is 0 Å². The molecule has 3 rings (SSSR count). The van der Waals surface area contributed by atoms with Crippen molar-refractivity contribution in [2.75, 3.05) is 18.4 Å². The lowest BCUT2D eigenvalue weighted by atomic mass is 9.98. The van der Waals surface area contributed by atoms with Crippen LogP contribution in [0.15, 0.2) is 30.6 Å². The topological polar surface area (TPSA) is 53.9 Å². The van der Waals surface area contributed by atoms with Gasteiger partial charge >= 0.3 is 6.18 Å². The van der Waals surface area contributed by atoms with Crippen molar-refractivity contribution in [2.24, 2.45) is 0 Å². The van der Waals surface area contributed by atoms with Crippen molar-refractivity contribution in [3.63, 3.8) is 0 Å². The first-order chi connectivity index (χ1) is 12.6. The Morgan fingerprint density at radius 2 is 1.67 bits per heavy atom. The Kier molecular flexibility index (Phi) is 5.37. The van der Waals surface area contributed by atoms with Crippen LogP contribution in [-0.2, 0) is 6.18 Å². The Hall–Kier alpha value is -2.22. The molecule has 1 N–H and O–H groups in total. The molecule has 2 aromatic heterocycles. The van der Waals surface area contributed by atoms with Crippen molar-refractivity contribution < 1.29 is 13.2 Å². The SMILES string of the molecule is CC(C)(C)N1CCC(Nc2cc(C(F)(F)F)nc(-c3ccncc3)n2)CC1. The zero-order valence-corrected chi connectivity index (χ0v) is 15.7. The number of pyridine rings is 1. The van der Waals surface area contributed by atoms with Crippen molar-refractivity contribution in [2.45, 2.75) is 51.4 Å². The van der Waals surface area contributed by atoms with Crippen LogP contribution in [0.2, 0.25) is 0 Å². The van der Waals surface area contributed by atoms with E-state index in [1.54, 1.807) is 12.1 Å². The Labute approximate surface area is 157 Å². The fourth-order valence-corrected chi connectivity index (χ4v) is 3.20. The van der Waals surface area contributed by atoms with Crippen LogP contribution < -0.4 is 5.32 Å². The number of hydrogen-bond donors (Lipinski definition) is 1. The normalized spacial score (nSPS) is 17.1. The van der Waals surface area contributed by atoms with Crippen LogP contribution in [0, 0.1) is 0 Å². The zero-order chi connectivity index (χ0) is 19.7. The first-order valence-corrected chi connectivity index (χ1v) is 9.01. The van der Waals surface area contributed by atoms with E-state index in [2.05, 4.69) is 45.9 Å². The minimum absolute atomic E-state index is 0.0434. The number of hydrogen-bond acceptors (Lipinski definition) is 5. The fourth-order valence-electron chi connectivity index (χ4n) is 3.20. The molecule has 0 aliphatic carbocycles. The molecule has 5 nitrogen and oxygen atoms in total. The maximum Gasteiger partial charge on any atom is 0.433 e. The van der Waals surface area contributed by atoms with E-state index >= 15 is 0 Å². The summed E-state index contributed by atoms with van der Waals surface area (Å²) in [6.45, 7) is 8.30. The van der Waals surface area contributed by atoms with Gasteiger partial charge in [-0.2, -0.15) is 13.2 Å². The molecular weight excluding hydrogens is 355 g/mol. The monoisotopic (exact) mass is 379 g/mol. The summed E-state index contributed by atoms with van der Waals surface area (Å²) in [4.78, 5) is 14.3. The molecule has 27 heavy (non-hydrogen) atoms. The van der Waals surface area contributed by atoms with Gasteiger partial charge in [-0.05, 0) is 45.7 Å². The van der Waals surface area contributed by atoms with Crippen LogP contribution in [0.1, 0.15) is 39.3 Å². The Balaban J connectivity index is 1.81. The second-order valence-electron chi connectivity index (χ2n) is 7.77. The number of nitrogens with zero attached hydrogens (tertiary/aromatic N) is 4. The molecule has 0 aromatic carbocycles. The van der Waals surface area contributed by atoms with E-state index in [1.807, 2.05) is 0 Å². The summed E-state index contributed by atoms with van der Waals surface area (Å²) in [5, 5.41) is 3.18. The number of aromatic nitrogens is 3. The Morgan fingerprint density at radius 1 is 1.04 bits per heavy atom. The van der Waals surface area contributed by atoms with Crippen molar-refractivity contribution in [1.29, 1.82) is 0 Å². The number of likely N-dealkylation sites (tertiary alicyclic amines) is 1. The molecule has 0 bridgehead atoms. The summed E-state index contributed by atoms with van der Waals surface area (Å²) < 4.78 is 39.9. The van der Waals surface area contributed by atoms with Crippen LogP contribution in [0.25, 0.3) is 11.4 Å². The summed E-state index contributed by atoms with van der Waals surface area (Å²) in [6, 6.07) is 4.27. The molecule has 146 valence electrons. The number of nitrogens with one attached hydrogen (secondary N) is 1. The van der Waals surface area contributed by atoms with Crippen molar-refractivity contribution >= 4 is 5.82 Å². The molecule has 0 atom stereocenters. The average molecular weight is 379 g/mol. The fraction of sp³-hybridized carbons (Fsp3) is 0.526. The highest BCUT2D eigenvalue weighted by Gasteiger charge is 2.34. The first-order valence-electron chi connectivity index (χ1n) is 9.01. The standard InChI is InChI=1S/C19H24F3N5/c1-18(2,3)27-10-6-14(7-11-27)24-16-12-15(19(20,21)22)25-17(26-16)13-4-8-23-9-5-13/h4-5,8-9,12,14H,6-7,10-11H2,1-3H3,(H,24,25,26). The van der Waals surface area contributed by atoms with E-state index in [1.165, 1.54) is 12.4 Å². The molecule has 1 fully saturated rings. The molecule has 0 amide bonds. The Bertz CT molecular complexity index is 763. The van der Waals surface area contributed by atoms with E-state index in [-0.39, 0.29) is 23.2 Å². The third kappa shape index (κ3) is 4.94. The molecule has 0 radical (unpaired) electrons. The summed E-state index contributed by atoms with van der Waals surface area (Å²) in [5.74, 6) is 0.250. The summed E-state index contributed by atoms with van der Waals surface area (Å²) in [6.07, 6.45) is 0.194. The van der Waals surface area contributed by atoms with Gasteiger partial charge in [0.1, 0.15) is 5.82 Å². The van der Waals surface area contributed by atoms with Gasteiger partial charge < -0.3 is 5.32 Å². The average Bonchev–Trinajstić information content (AvgIpc) is 2.61. The quantitative estimate of drug-likeness (QED) is 0.865. The first kappa shape index (κ1) is 19.5. The zero-order valence-electron chi connectivity index (χ0n) is 15.7. The number of halogens is 3. The van der Waals surface area contributed by atoms with Crippen LogP contribution in [-0.4, -0.2) is 44.5 Å². The lowest BCUT2D eigenvalue weighted by Gasteiger charge is -2.41. The van der Waals surface area contributed by atoms with E-state index < -0.39 is 11.9 Å². The molecule has 1 aliphatic rings. The molecule has 0 unspecified atom stereocenters. The van der Waals surface area contributed by atoms with E-state index in [4.69, 9.17) is 0 Å². The summed E-state index contributed by atoms with van der Waals surface area (Å²) in [5.41, 5.74) is -0.349. The van der Waals surface area contributed by atoms with Gasteiger partial charge in [0, 0.05) is 48.7 Å². The van der Waals surface area contributed by atoms with Gasteiger partial charge in [-0.3, -0.25) is 9.88 Å². The maximum atomic E-state index is 13.3. The third-order valence-electron chi connectivity index (χ3n) is 4.75. The number of rotatable bonds is 3. The number of piperidine rings is 1. The van der Waals surface area contributed by atoms with Gasteiger partial charge in [0.2, 0.25) is 0 Å².